The van der Waals surface area contributed by atoms with Crippen LogP contribution in [0.4, 0.5) is 13.2 Å². The first-order valence-corrected chi connectivity index (χ1v) is 5.07. The monoisotopic (exact) mass is 235 g/mol. The molecule has 0 fully saturated rings. The molecule has 0 spiro atoms. The van der Waals surface area contributed by atoms with Gasteiger partial charge < -0.3 is 4.42 Å². The lowest BCUT2D eigenvalue weighted by Crippen LogP contribution is -2.23. The van der Waals surface area contributed by atoms with Gasteiger partial charge in [-0.1, -0.05) is 0 Å². The highest BCUT2D eigenvalue weighted by Crippen LogP contribution is 2.32. The molecule has 2 nitrogen and oxygen atoms in total. The molecule has 0 amide bonds. The Labute approximate surface area is 89.1 Å². The van der Waals surface area contributed by atoms with E-state index in [-0.39, 0.29) is 5.75 Å². The molecule has 0 bridgehead atoms. The van der Waals surface area contributed by atoms with Gasteiger partial charge in [0.1, 0.15) is 5.76 Å². The quantitative estimate of drug-likeness (QED) is 0.753. The van der Waals surface area contributed by atoms with Crippen molar-refractivity contribution in [3.05, 3.63) is 18.1 Å². The highest BCUT2D eigenvalue weighted by atomic mass is 32.2. The number of nitrogens with zero attached hydrogens (tertiary/aromatic N) is 1. The maximum absolute atomic E-state index is 12.2. The number of rotatable bonds is 3. The Bertz CT molecular complexity index is 366. The molecular formula is C9H8F3NOS. The molecule has 82 valence electrons. The average molecular weight is 235 g/mol. The molecule has 15 heavy (non-hydrogen) atoms. The number of alkyl halides is 3. The zero-order valence-corrected chi connectivity index (χ0v) is 8.65. The fourth-order valence-corrected chi connectivity index (χ4v) is 1.91. The lowest BCUT2D eigenvalue weighted by atomic mass is 10.2. The lowest BCUT2D eigenvalue weighted by Gasteiger charge is -2.11. The molecule has 6 heteroatoms. The van der Waals surface area contributed by atoms with Crippen LogP contribution in [0.5, 0.6) is 0 Å². The predicted molar refractivity (Wildman–Crippen MR) is 49.3 cm³/mol. The minimum Gasteiger partial charge on any atom is -0.468 e. The van der Waals surface area contributed by atoms with E-state index in [1.165, 1.54) is 12.3 Å². The largest absolute Gasteiger partial charge is 0.468 e. The molecule has 1 rings (SSSR count). The van der Waals surface area contributed by atoms with Crippen molar-refractivity contribution < 1.29 is 17.6 Å². The van der Waals surface area contributed by atoms with Crippen LogP contribution < -0.4 is 0 Å². The Morgan fingerprint density at radius 1 is 1.60 bits per heavy atom. The summed E-state index contributed by atoms with van der Waals surface area (Å²) in [5, 5.41) is 8.35. The minimum atomic E-state index is -4.46. The molecule has 0 radical (unpaired) electrons. The molecule has 0 saturated heterocycles. The lowest BCUT2D eigenvalue weighted by molar-refractivity contribution is -0.152. The molecule has 0 aliphatic heterocycles. The van der Waals surface area contributed by atoms with Gasteiger partial charge in [0, 0.05) is 10.6 Å². The van der Waals surface area contributed by atoms with Crippen LogP contribution >= 0.6 is 11.8 Å². The number of thioether (sulfide) groups is 1. The maximum Gasteiger partial charge on any atom is 0.405 e. The third-order valence-electron chi connectivity index (χ3n) is 1.77. The van der Waals surface area contributed by atoms with Crippen molar-refractivity contribution in [2.24, 2.45) is 5.92 Å². The van der Waals surface area contributed by atoms with E-state index < -0.39 is 12.1 Å². The van der Waals surface area contributed by atoms with Gasteiger partial charge in [0.05, 0.1) is 12.3 Å². The van der Waals surface area contributed by atoms with Gasteiger partial charge >= 0.3 is 6.18 Å². The molecular weight excluding hydrogens is 227 g/mol. The van der Waals surface area contributed by atoms with E-state index in [9.17, 15) is 13.2 Å². The summed E-state index contributed by atoms with van der Waals surface area (Å²) in [5.74, 6) is -1.67. The maximum atomic E-state index is 12.2. The predicted octanol–water partition coefficient (Wildman–Crippen LogP) is 3.38. The molecule has 0 saturated carbocycles. The Morgan fingerprint density at radius 3 is 2.67 bits per heavy atom. The van der Waals surface area contributed by atoms with Crippen molar-refractivity contribution in [1.82, 2.24) is 0 Å². The molecule has 0 aliphatic carbocycles. The van der Waals surface area contributed by atoms with Gasteiger partial charge in [-0.3, -0.25) is 0 Å². The second-order valence-corrected chi connectivity index (χ2v) is 3.94. The van der Waals surface area contributed by atoms with E-state index in [1.54, 1.807) is 13.0 Å². The standard InChI is InChI=1S/C9H8F3NOS/c1-6-8(2-3-14-6)15-5-7(4-13)9(10,11)12/h2-3,7H,5H2,1H3. The van der Waals surface area contributed by atoms with Crippen LogP contribution in [0.3, 0.4) is 0 Å². The number of hydrogen-bond donors (Lipinski definition) is 0. The number of aryl methyl sites for hydroxylation is 1. The first-order chi connectivity index (χ1) is 6.95. The summed E-state index contributed by atoms with van der Waals surface area (Å²) in [7, 11) is 0. The second kappa shape index (κ2) is 4.62. The van der Waals surface area contributed by atoms with Crippen LogP contribution in [0.25, 0.3) is 0 Å². The summed E-state index contributed by atoms with van der Waals surface area (Å²) in [4.78, 5) is 0.638. The van der Waals surface area contributed by atoms with E-state index >= 15 is 0 Å². The number of hydrogen-bond acceptors (Lipinski definition) is 3. The van der Waals surface area contributed by atoms with Crippen LogP contribution in [0.1, 0.15) is 5.76 Å². The van der Waals surface area contributed by atoms with Crippen molar-refractivity contribution in [3.8, 4) is 6.07 Å². The number of furan rings is 1. The zero-order chi connectivity index (χ0) is 11.5. The van der Waals surface area contributed by atoms with Gasteiger partial charge in [-0.2, -0.15) is 18.4 Å². The Kier molecular flexibility index (Phi) is 3.69. The summed E-state index contributed by atoms with van der Waals surface area (Å²) in [6, 6.07) is 2.84. The summed E-state index contributed by atoms with van der Waals surface area (Å²) < 4.78 is 41.5. The fourth-order valence-electron chi connectivity index (χ4n) is 0.901. The van der Waals surface area contributed by atoms with Crippen LogP contribution in [0, 0.1) is 24.2 Å². The van der Waals surface area contributed by atoms with Crippen molar-refractivity contribution >= 4 is 11.8 Å². The third kappa shape index (κ3) is 3.20. The highest BCUT2D eigenvalue weighted by Gasteiger charge is 2.39. The third-order valence-corrected chi connectivity index (χ3v) is 3.00. The van der Waals surface area contributed by atoms with Crippen molar-refractivity contribution in [2.45, 2.75) is 18.0 Å². The highest BCUT2D eigenvalue weighted by molar-refractivity contribution is 7.99. The van der Waals surface area contributed by atoms with E-state index in [0.29, 0.717) is 10.7 Å². The molecule has 1 heterocycles. The van der Waals surface area contributed by atoms with Crippen LogP contribution in [-0.2, 0) is 0 Å². The smallest absolute Gasteiger partial charge is 0.405 e. The first-order valence-electron chi connectivity index (χ1n) is 4.08. The van der Waals surface area contributed by atoms with Gasteiger partial charge in [0.2, 0.25) is 0 Å². The van der Waals surface area contributed by atoms with Crippen molar-refractivity contribution in [3.63, 3.8) is 0 Å². The van der Waals surface area contributed by atoms with Gasteiger partial charge in [-0.05, 0) is 13.0 Å². The SMILES string of the molecule is Cc1occc1SCC(C#N)C(F)(F)F. The van der Waals surface area contributed by atoms with Crippen molar-refractivity contribution in [2.75, 3.05) is 5.75 Å². The summed E-state index contributed by atoms with van der Waals surface area (Å²) in [6.45, 7) is 1.66. The van der Waals surface area contributed by atoms with Crippen LogP contribution in [0.2, 0.25) is 0 Å². The topological polar surface area (TPSA) is 36.9 Å². The number of halogens is 3. The first kappa shape index (κ1) is 12.0. The fraction of sp³-hybridized carbons (Fsp3) is 0.444. The Hall–Kier alpha value is -1.09. The van der Waals surface area contributed by atoms with E-state index in [4.69, 9.17) is 9.68 Å². The van der Waals surface area contributed by atoms with Gasteiger partial charge in [0.15, 0.2) is 5.92 Å². The van der Waals surface area contributed by atoms with Gasteiger partial charge in [0.25, 0.3) is 0 Å². The average Bonchev–Trinajstić information content (AvgIpc) is 2.50. The van der Waals surface area contributed by atoms with E-state index in [1.807, 2.05) is 0 Å². The summed E-state index contributed by atoms with van der Waals surface area (Å²) in [5.41, 5.74) is 0. The van der Waals surface area contributed by atoms with Crippen LogP contribution in [0.15, 0.2) is 21.6 Å². The van der Waals surface area contributed by atoms with Crippen LogP contribution in [-0.4, -0.2) is 11.9 Å². The molecule has 0 aromatic carbocycles. The summed E-state index contributed by atoms with van der Waals surface area (Å²) >= 11 is 0.977. The molecule has 1 atom stereocenters. The van der Waals surface area contributed by atoms with E-state index in [0.717, 1.165) is 11.8 Å². The van der Waals surface area contributed by atoms with Crippen molar-refractivity contribution in [1.29, 1.82) is 5.26 Å². The van der Waals surface area contributed by atoms with Gasteiger partial charge in [-0.15, -0.1) is 11.8 Å². The molecule has 1 unspecified atom stereocenters. The molecule has 1 aromatic rings. The minimum absolute atomic E-state index is 0.305. The Balaban J connectivity index is 2.57. The Morgan fingerprint density at radius 2 is 2.27 bits per heavy atom. The van der Waals surface area contributed by atoms with Gasteiger partial charge in [-0.25, -0.2) is 0 Å². The van der Waals surface area contributed by atoms with E-state index in [2.05, 4.69) is 0 Å². The molecule has 1 aromatic heterocycles. The number of nitriles is 1. The summed E-state index contributed by atoms with van der Waals surface area (Å²) in [6.07, 6.45) is -3.05. The normalized spacial score (nSPS) is 13.5. The zero-order valence-electron chi connectivity index (χ0n) is 7.84. The molecule has 0 aliphatic rings. The second-order valence-electron chi connectivity index (χ2n) is 2.88. The molecule has 0 N–H and O–H groups in total.